The third kappa shape index (κ3) is 5.36. The fourth-order valence-electron chi connectivity index (χ4n) is 5.86. The number of carbonyl (C=O) groups excluding carboxylic acids is 3. The lowest BCUT2D eigenvalue weighted by Gasteiger charge is -2.37. The Bertz CT molecular complexity index is 1720. The monoisotopic (exact) mass is 609 g/mol. The number of ketones is 1. The molecule has 3 fully saturated rings. The molecule has 0 bridgehead atoms. The molecule has 1 unspecified atom stereocenters. The Morgan fingerprint density at radius 1 is 1.02 bits per heavy atom. The number of hydrogen-bond acceptors (Lipinski definition) is 9. The molecule has 3 aliphatic rings. The van der Waals surface area contributed by atoms with Crippen LogP contribution in [0.1, 0.15) is 43.1 Å². The normalized spacial score (nSPS) is 19.3. The van der Waals surface area contributed by atoms with E-state index in [9.17, 15) is 19.2 Å². The third-order valence-corrected chi connectivity index (χ3v) is 8.45. The summed E-state index contributed by atoms with van der Waals surface area (Å²) in [6, 6.07) is 6.44. The SMILES string of the molecule is CCOC(=O)c1cn(C2CC2)c2cc(N3CCN(c4ccc(N5CC([C@H](N)C(C)=O)OC5=O)cc4F)CC3)c(F)cc2c1=O. The zero-order chi connectivity index (χ0) is 31.3. The first-order valence-electron chi connectivity index (χ1n) is 14.7. The number of nitrogens with zero attached hydrogens (tertiary/aromatic N) is 4. The van der Waals surface area contributed by atoms with E-state index < -0.39 is 41.3 Å². The second-order valence-electron chi connectivity index (χ2n) is 11.3. The van der Waals surface area contributed by atoms with Gasteiger partial charge in [0.1, 0.15) is 35.1 Å². The topological polar surface area (TPSA) is 127 Å². The van der Waals surface area contributed by atoms with E-state index in [2.05, 4.69) is 0 Å². The van der Waals surface area contributed by atoms with Gasteiger partial charge >= 0.3 is 12.1 Å². The third-order valence-electron chi connectivity index (χ3n) is 8.45. The summed E-state index contributed by atoms with van der Waals surface area (Å²) >= 11 is 0. The first-order chi connectivity index (χ1) is 21.1. The minimum absolute atomic E-state index is 0.0348. The molecule has 2 N–H and O–H groups in total. The summed E-state index contributed by atoms with van der Waals surface area (Å²) in [5, 5.41) is 0.126. The van der Waals surface area contributed by atoms with Crippen molar-refractivity contribution in [3.8, 4) is 0 Å². The van der Waals surface area contributed by atoms with E-state index in [1.54, 1.807) is 25.1 Å². The number of piperazine rings is 1. The number of fused-ring (bicyclic) bond motifs is 1. The van der Waals surface area contributed by atoms with Crippen LogP contribution < -0.4 is 25.9 Å². The van der Waals surface area contributed by atoms with Crippen LogP contribution in [0.3, 0.4) is 0 Å². The van der Waals surface area contributed by atoms with Gasteiger partial charge in [0, 0.05) is 43.8 Å². The number of benzene rings is 2. The molecule has 13 heteroatoms. The maximum Gasteiger partial charge on any atom is 0.414 e. The predicted molar refractivity (Wildman–Crippen MR) is 159 cm³/mol. The molecule has 11 nitrogen and oxygen atoms in total. The van der Waals surface area contributed by atoms with E-state index >= 15 is 8.78 Å². The number of halogens is 2. The van der Waals surface area contributed by atoms with E-state index in [1.165, 1.54) is 30.2 Å². The van der Waals surface area contributed by atoms with Crippen molar-refractivity contribution in [3.63, 3.8) is 0 Å². The van der Waals surface area contributed by atoms with Crippen molar-refractivity contribution in [1.82, 2.24) is 4.57 Å². The Hall–Kier alpha value is -4.52. The average molecular weight is 610 g/mol. The zero-order valence-electron chi connectivity index (χ0n) is 24.4. The number of cyclic esters (lactones) is 1. The number of hydrogen-bond donors (Lipinski definition) is 1. The minimum Gasteiger partial charge on any atom is -0.462 e. The molecular formula is C31H33F2N5O6. The maximum absolute atomic E-state index is 15.5. The summed E-state index contributed by atoms with van der Waals surface area (Å²) in [5.41, 5.74) is 6.67. The summed E-state index contributed by atoms with van der Waals surface area (Å²) in [6.07, 6.45) is 1.79. The number of ether oxygens (including phenoxy) is 2. The number of pyridine rings is 1. The molecule has 2 saturated heterocycles. The highest BCUT2D eigenvalue weighted by molar-refractivity contribution is 5.95. The van der Waals surface area contributed by atoms with Gasteiger partial charge in [-0.2, -0.15) is 0 Å². The molecule has 1 saturated carbocycles. The molecule has 6 rings (SSSR count). The van der Waals surface area contributed by atoms with Gasteiger partial charge in [0.05, 0.1) is 35.7 Å². The number of carbonyl (C=O) groups is 3. The highest BCUT2D eigenvalue weighted by Gasteiger charge is 2.38. The Kier molecular flexibility index (Phi) is 7.74. The van der Waals surface area contributed by atoms with Crippen molar-refractivity contribution in [1.29, 1.82) is 0 Å². The molecule has 3 aromatic rings. The number of Topliss-reactive ketones (excluding diaryl/α,β-unsaturated/α-hetero) is 1. The molecule has 2 aromatic carbocycles. The first-order valence-corrected chi connectivity index (χ1v) is 14.7. The van der Waals surface area contributed by atoms with Gasteiger partial charge in [-0.1, -0.05) is 0 Å². The smallest absolute Gasteiger partial charge is 0.414 e. The van der Waals surface area contributed by atoms with Crippen LogP contribution in [0.5, 0.6) is 0 Å². The van der Waals surface area contributed by atoms with Crippen molar-refractivity contribution < 1.29 is 32.6 Å². The van der Waals surface area contributed by atoms with Crippen LogP contribution in [0.25, 0.3) is 10.9 Å². The second-order valence-corrected chi connectivity index (χ2v) is 11.3. The summed E-state index contributed by atoms with van der Waals surface area (Å²) in [4.78, 5) is 54.5. The number of anilines is 3. The molecular weight excluding hydrogens is 576 g/mol. The van der Waals surface area contributed by atoms with E-state index in [4.69, 9.17) is 15.2 Å². The molecule has 1 aliphatic carbocycles. The molecule has 1 aromatic heterocycles. The molecule has 2 atom stereocenters. The molecule has 0 spiro atoms. The lowest BCUT2D eigenvalue weighted by molar-refractivity contribution is -0.120. The van der Waals surface area contributed by atoms with Crippen LogP contribution in [0.15, 0.2) is 41.3 Å². The summed E-state index contributed by atoms with van der Waals surface area (Å²) < 4.78 is 42.9. The molecule has 2 aliphatic heterocycles. The quantitative estimate of drug-likeness (QED) is 0.383. The lowest BCUT2D eigenvalue weighted by Crippen LogP contribution is -2.47. The number of rotatable bonds is 8. The van der Waals surface area contributed by atoms with Crippen LogP contribution in [0.4, 0.5) is 30.6 Å². The summed E-state index contributed by atoms with van der Waals surface area (Å²) in [5.74, 6) is -2.15. The first kappa shape index (κ1) is 29.5. The zero-order valence-corrected chi connectivity index (χ0v) is 24.4. The predicted octanol–water partition coefficient (Wildman–Crippen LogP) is 3.36. The Morgan fingerprint density at radius 3 is 2.30 bits per heavy atom. The molecule has 232 valence electrons. The van der Waals surface area contributed by atoms with E-state index in [0.717, 1.165) is 12.8 Å². The van der Waals surface area contributed by atoms with Crippen molar-refractivity contribution in [2.24, 2.45) is 5.73 Å². The number of nitrogens with two attached hydrogens (primary N) is 1. The number of aromatic nitrogens is 1. The van der Waals surface area contributed by atoms with Crippen molar-refractivity contribution in [2.45, 2.75) is 44.9 Å². The van der Waals surface area contributed by atoms with Crippen LogP contribution >= 0.6 is 0 Å². The molecule has 1 amide bonds. The summed E-state index contributed by atoms with van der Waals surface area (Å²) in [7, 11) is 0. The Labute approximate surface area is 251 Å². The van der Waals surface area contributed by atoms with Gasteiger partial charge in [0.15, 0.2) is 0 Å². The maximum atomic E-state index is 15.5. The van der Waals surface area contributed by atoms with Crippen molar-refractivity contribution in [2.75, 3.05) is 54.0 Å². The molecule has 0 radical (unpaired) electrons. The fraction of sp³-hybridized carbons (Fsp3) is 0.419. The van der Waals surface area contributed by atoms with E-state index in [1.807, 2.05) is 14.4 Å². The van der Waals surface area contributed by atoms with Gasteiger partial charge in [-0.05, 0) is 57.0 Å². The van der Waals surface area contributed by atoms with Gasteiger partial charge in [0.25, 0.3) is 0 Å². The van der Waals surface area contributed by atoms with Crippen LogP contribution in [-0.4, -0.2) is 73.9 Å². The van der Waals surface area contributed by atoms with Crippen LogP contribution in [-0.2, 0) is 14.3 Å². The van der Waals surface area contributed by atoms with Crippen LogP contribution in [0, 0.1) is 11.6 Å². The van der Waals surface area contributed by atoms with Gasteiger partial charge in [0.2, 0.25) is 5.43 Å². The lowest BCUT2D eigenvalue weighted by atomic mass is 10.1. The van der Waals surface area contributed by atoms with Gasteiger partial charge < -0.3 is 29.6 Å². The van der Waals surface area contributed by atoms with E-state index in [0.29, 0.717) is 48.8 Å². The standard InChI is InChI=1S/C31H33F2N5O6/c1-3-43-30(41)21-15-37(18-4-5-18)25-14-26(23(33)13-20(25)29(21)40)36-10-8-35(9-11-36)24-7-6-19(12-22(24)32)38-16-27(44-31(38)42)28(34)17(2)39/h6-7,12-15,18,27-28H,3-5,8-11,16,34H2,1-2H3/t27?,28-/m1/s1. The minimum atomic E-state index is -0.958. The fourth-order valence-corrected chi connectivity index (χ4v) is 5.86. The highest BCUT2D eigenvalue weighted by Crippen LogP contribution is 2.38. The second kappa shape index (κ2) is 11.5. The molecule has 44 heavy (non-hydrogen) atoms. The van der Waals surface area contributed by atoms with Gasteiger partial charge in [-0.25, -0.2) is 18.4 Å². The van der Waals surface area contributed by atoms with Gasteiger partial charge in [-0.3, -0.25) is 14.5 Å². The van der Waals surface area contributed by atoms with E-state index in [-0.39, 0.29) is 35.9 Å². The van der Waals surface area contributed by atoms with Gasteiger partial charge in [-0.15, -0.1) is 0 Å². The summed E-state index contributed by atoms with van der Waals surface area (Å²) in [6.45, 7) is 4.70. The van der Waals surface area contributed by atoms with Crippen LogP contribution in [0.2, 0.25) is 0 Å². The largest absolute Gasteiger partial charge is 0.462 e. The number of esters is 1. The molecule has 3 heterocycles. The highest BCUT2D eigenvalue weighted by atomic mass is 19.1. The Morgan fingerprint density at radius 2 is 1.68 bits per heavy atom. The average Bonchev–Trinajstić information content (AvgIpc) is 3.77. The Balaban J connectivity index is 1.19. The van der Waals surface area contributed by atoms with Crippen molar-refractivity contribution in [3.05, 3.63) is 63.9 Å². The number of amides is 1. The van der Waals surface area contributed by atoms with Crippen molar-refractivity contribution >= 4 is 45.8 Å².